The van der Waals surface area contributed by atoms with E-state index in [1.54, 1.807) is 0 Å². The third kappa shape index (κ3) is 2.94. The van der Waals surface area contributed by atoms with Crippen LogP contribution in [-0.4, -0.2) is 9.55 Å². The maximum atomic E-state index is 5.29. The van der Waals surface area contributed by atoms with Crippen LogP contribution in [0.25, 0.3) is 0 Å². The fourth-order valence-electron chi connectivity index (χ4n) is 1.47. The van der Waals surface area contributed by atoms with E-state index in [4.69, 9.17) is 12.2 Å². The molecular weight excluding hydrogens is 204 g/mol. The van der Waals surface area contributed by atoms with Gasteiger partial charge in [0.2, 0.25) is 0 Å². The van der Waals surface area contributed by atoms with Gasteiger partial charge in [0, 0.05) is 18.4 Å². The average Bonchev–Trinajstić information content (AvgIpc) is 2.46. The van der Waals surface area contributed by atoms with Crippen molar-refractivity contribution in [1.29, 1.82) is 0 Å². The lowest BCUT2D eigenvalue weighted by molar-refractivity contribution is 0.230. The number of nitrogens with one attached hydrogen (secondary N) is 1. The molecule has 1 rings (SSSR count). The molecule has 0 saturated carbocycles. The summed E-state index contributed by atoms with van der Waals surface area (Å²) < 4.78 is 3.08. The van der Waals surface area contributed by atoms with Gasteiger partial charge >= 0.3 is 0 Å². The minimum Gasteiger partial charge on any atom is -0.337 e. The van der Waals surface area contributed by atoms with Crippen molar-refractivity contribution < 1.29 is 0 Å². The van der Waals surface area contributed by atoms with Crippen LogP contribution in [0.1, 0.15) is 40.3 Å². The first kappa shape index (κ1) is 12.5. The summed E-state index contributed by atoms with van der Waals surface area (Å²) in [5.41, 5.74) is 1.63. The molecule has 1 aromatic heterocycles. The van der Waals surface area contributed by atoms with Crippen molar-refractivity contribution in [3.05, 3.63) is 16.7 Å². The number of hydrogen-bond acceptors (Lipinski definition) is 1. The van der Waals surface area contributed by atoms with Gasteiger partial charge in [-0.3, -0.25) is 0 Å². The monoisotopic (exact) mass is 226 g/mol. The van der Waals surface area contributed by atoms with Gasteiger partial charge in [-0.15, -0.1) is 0 Å². The molecule has 0 amide bonds. The van der Waals surface area contributed by atoms with Crippen molar-refractivity contribution in [2.45, 2.75) is 47.6 Å². The Hall–Kier alpha value is -0.570. The van der Waals surface area contributed by atoms with Crippen LogP contribution in [0.15, 0.2) is 6.20 Å². The SMILES string of the molecule is CCc1c[nH]c(=S)n1CC(C)C(C)(C)C. The van der Waals surface area contributed by atoms with E-state index in [-0.39, 0.29) is 0 Å². The van der Waals surface area contributed by atoms with E-state index < -0.39 is 0 Å². The van der Waals surface area contributed by atoms with Crippen LogP contribution in [-0.2, 0) is 13.0 Å². The van der Waals surface area contributed by atoms with Crippen molar-refractivity contribution >= 4 is 12.2 Å². The number of hydrogen-bond donors (Lipinski definition) is 1. The molecule has 0 aliphatic carbocycles. The molecule has 0 saturated heterocycles. The van der Waals surface area contributed by atoms with Gasteiger partial charge in [-0.25, -0.2) is 0 Å². The van der Waals surface area contributed by atoms with Gasteiger partial charge in [0.1, 0.15) is 0 Å². The topological polar surface area (TPSA) is 20.7 Å². The van der Waals surface area contributed by atoms with Crippen LogP contribution in [0.5, 0.6) is 0 Å². The van der Waals surface area contributed by atoms with Crippen LogP contribution < -0.4 is 0 Å². The predicted molar refractivity (Wildman–Crippen MR) is 67.6 cm³/mol. The highest BCUT2D eigenvalue weighted by Crippen LogP contribution is 2.27. The van der Waals surface area contributed by atoms with Crippen LogP contribution in [0.2, 0.25) is 0 Å². The van der Waals surface area contributed by atoms with Crippen molar-refractivity contribution in [3.8, 4) is 0 Å². The largest absolute Gasteiger partial charge is 0.337 e. The molecular formula is C12H22N2S. The van der Waals surface area contributed by atoms with Crippen molar-refractivity contribution in [1.82, 2.24) is 9.55 Å². The molecule has 15 heavy (non-hydrogen) atoms. The summed E-state index contributed by atoms with van der Waals surface area (Å²) in [6.45, 7) is 12.3. The molecule has 1 aromatic rings. The molecule has 1 unspecified atom stereocenters. The van der Waals surface area contributed by atoms with Gasteiger partial charge in [0.15, 0.2) is 4.77 Å². The van der Waals surface area contributed by atoms with Crippen molar-refractivity contribution in [3.63, 3.8) is 0 Å². The molecule has 0 fully saturated rings. The number of aromatic nitrogens is 2. The van der Waals surface area contributed by atoms with E-state index in [1.807, 2.05) is 6.20 Å². The third-order valence-electron chi connectivity index (χ3n) is 3.25. The molecule has 0 spiro atoms. The Morgan fingerprint density at radius 3 is 2.53 bits per heavy atom. The van der Waals surface area contributed by atoms with Crippen LogP contribution >= 0.6 is 12.2 Å². The molecule has 0 aromatic carbocycles. The van der Waals surface area contributed by atoms with E-state index in [1.165, 1.54) is 5.69 Å². The molecule has 0 radical (unpaired) electrons. The Morgan fingerprint density at radius 2 is 2.07 bits per heavy atom. The second-order valence-electron chi connectivity index (χ2n) is 5.32. The molecule has 0 aliphatic heterocycles. The smallest absolute Gasteiger partial charge is 0.177 e. The number of H-pyrrole nitrogens is 1. The number of imidazole rings is 1. The van der Waals surface area contributed by atoms with E-state index in [0.717, 1.165) is 17.7 Å². The molecule has 0 bridgehead atoms. The quantitative estimate of drug-likeness (QED) is 0.778. The maximum absolute atomic E-state index is 5.29. The molecule has 1 atom stereocenters. The van der Waals surface area contributed by atoms with Gasteiger partial charge in [-0.05, 0) is 30.0 Å². The second kappa shape index (κ2) is 4.52. The minimum absolute atomic E-state index is 0.330. The molecule has 1 heterocycles. The van der Waals surface area contributed by atoms with Crippen LogP contribution in [0.4, 0.5) is 0 Å². The Balaban J connectivity index is 2.89. The zero-order chi connectivity index (χ0) is 11.6. The summed E-state index contributed by atoms with van der Waals surface area (Å²) in [6, 6.07) is 0. The highest BCUT2D eigenvalue weighted by Gasteiger charge is 2.21. The van der Waals surface area contributed by atoms with Crippen molar-refractivity contribution in [2.24, 2.45) is 11.3 Å². The lowest BCUT2D eigenvalue weighted by Gasteiger charge is -2.28. The first-order valence-electron chi connectivity index (χ1n) is 5.63. The first-order valence-corrected chi connectivity index (χ1v) is 6.04. The second-order valence-corrected chi connectivity index (χ2v) is 5.70. The van der Waals surface area contributed by atoms with E-state index in [0.29, 0.717) is 11.3 Å². The fraction of sp³-hybridized carbons (Fsp3) is 0.750. The normalized spacial score (nSPS) is 14.2. The highest BCUT2D eigenvalue weighted by atomic mass is 32.1. The summed E-state index contributed by atoms with van der Waals surface area (Å²) in [5.74, 6) is 0.616. The number of aryl methyl sites for hydroxylation is 1. The number of rotatable bonds is 3. The van der Waals surface area contributed by atoms with Gasteiger partial charge in [0.25, 0.3) is 0 Å². The maximum Gasteiger partial charge on any atom is 0.177 e. The van der Waals surface area contributed by atoms with E-state index in [2.05, 4.69) is 44.2 Å². The highest BCUT2D eigenvalue weighted by molar-refractivity contribution is 7.71. The Labute approximate surface area is 97.7 Å². The predicted octanol–water partition coefficient (Wildman–Crippen LogP) is 3.79. The minimum atomic E-state index is 0.330. The van der Waals surface area contributed by atoms with Gasteiger partial charge in [0.05, 0.1) is 0 Å². The number of aromatic amines is 1. The standard InChI is InChI=1S/C12H22N2S/c1-6-10-7-13-11(15)14(10)8-9(2)12(3,4)5/h7,9H,6,8H2,1-5H3,(H,13,15). The zero-order valence-corrected chi connectivity index (χ0v) is 11.2. The molecule has 3 heteroatoms. The van der Waals surface area contributed by atoms with Crippen molar-refractivity contribution in [2.75, 3.05) is 0 Å². The van der Waals surface area contributed by atoms with E-state index in [9.17, 15) is 0 Å². The molecule has 0 aliphatic rings. The first-order chi connectivity index (χ1) is 6.86. The van der Waals surface area contributed by atoms with Gasteiger partial charge in [-0.2, -0.15) is 0 Å². The fourth-order valence-corrected chi connectivity index (χ4v) is 1.72. The lowest BCUT2D eigenvalue weighted by Crippen LogP contribution is -2.23. The summed E-state index contributed by atoms with van der Waals surface area (Å²) in [5, 5.41) is 0. The summed E-state index contributed by atoms with van der Waals surface area (Å²) in [4.78, 5) is 3.12. The lowest BCUT2D eigenvalue weighted by atomic mass is 9.82. The molecule has 86 valence electrons. The Bertz CT molecular complexity index is 368. The Morgan fingerprint density at radius 1 is 1.47 bits per heavy atom. The summed E-state index contributed by atoms with van der Waals surface area (Å²) in [7, 11) is 0. The third-order valence-corrected chi connectivity index (χ3v) is 3.59. The van der Waals surface area contributed by atoms with E-state index >= 15 is 0 Å². The van der Waals surface area contributed by atoms with Crippen LogP contribution in [0.3, 0.4) is 0 Å². The molecule has 2 nitrogen and oxygen atoms in total. The Kier molecular flexibility index (Phi) is 3.77. The summed E-state index contributed by atoms with van der Waals surface area (Å²) >= 11 is 5.29. The van der Waals surface area contributed by atoms with Gasteiger partial charge in [-0.1, -0.05) is 34.6 Å². The van der Waals surface area contributed by atoms with Crippen LogP contribution in [0, 0.1) is 16.1 Å². The average molecular weight is 226 g/mol. The summed E-state index contributed by atoms with van der Waals surface area (Å²) in [6.07, 6.45) is 3.06. The van der Waals surface area contributed by atoms with Gasteiger partial charge < -0.3 is 9.55 Å². The zero-order valence-electron chi connectivity index (χ0n) is 10.4. The molecule has 1 N–H and O–H groups in total. The number of nitrogens with zero attached hydrogens (tertiary/aromatic N) is 1.